The van der Waals surface area contributed by atoms with E-state index in [2.05, 4.69) is 10.6 Å². The SMILES string of the molecule is N[C@@H]1CCCC[C@@H]1NCCN[C@H]1CCCC[C@@H]1N. The van der Waals surface area contributed by atoms with Gasteiger partial charge in [-0.1, -0.05) is 25.7 Å². The first-order valence-corrected chi connectivity index (χ1v) is 7.75. The molecule has 2 saturated carbocycles. The summed E-state index contributed by atoms with van der Waals surface area (Å²) < 4.78 is 0. The van der Waals surface area contributed by atoms with Gasteiger partial charge in [-0.15, -0.1) is 0 Å². The molecule has 0 heterocycles. The van der Waals surface area contributed by atoms with Crippen LogP contribution in [0.5, 0.6) is 0 Å². The van der Waals surface area contributed by atoms with Crippen molar-refractivity contribution in [3.8, 4) is 0 Å². The lowest BCUT2D eigenvalue weighted by Gasteiger charge is -2.31. The van der Waals surface area contributed by atoms with Crippen LogP contribution in [0, 0.1) is 0 Å². The predicted molar refractivity (Wildman–Crippen MR) is 76.5 cm³/mol. The van der Waals surface area contributed by atoms with Gasteiger partial charge in [0.05, 0.1) is 0 Å². The second kappa shape index (κ2) is 7.43. The van der Waals surface area contributed by atoms with E-state index in [0.29, 0.717) is 24.2 Å². The van der Waals surface area contributed by atoms with Crippen LogP contribution < -0.4 is 22.1 Å². The summed E-state index contributed by atoms with van der Waals surface area (Å²) in [5, 5.41) is 7.19. The van der Waals surface area contributed by atoms with E-state index in [1.165, 1.54) is 51.4 Å². The van der Waals surface area contributed by atoms with Crippen molar-refractivity contribution >= 4 is 0 Å². The van der Waals surface area contributed by atoms with Crippen molar-refractivity contribution in [1.29, 1.82) is 0 Å². The van der Waals surface area contributed by atoms with E-state index in [0.717, 1.165) is 13.1 Å². The molecule has 0 bridgehead atoms. The van der Waals surface area contributed by atoms with Gasteiger partial charge in [0.25, 0.3) is 0 Å². The first-order valence-electron chi connectivity index (χ1n) is 7.75. The van der Waals surface area contributed by atoms with Crippen LogP contribution in [0.2, 0.25) is 0 Å². The molecule has 2 rings (SSSR count). The van der Waals surface area contributed by atoms with Crippen molar-refractivity contribution in [2.75, 3.05) is 13.1 Å². The molecular formula is C14H30N4. The van der Waals surface area contributed by atoms with Crippen LogP contribution in [0.3, 0.4) is 0 Å². The average Bonchev–Trinajstić information content (AvgIpc) is 2.38. The summed E-state index contributed by atoms with van der Waals surface area (Å²) in [6, 6.07) is 1.77. The van der Waals surface area contributed by atoms with Crippen LogP contribution >= 0.6 is 0 Å². The van der Waals surface area contributed by atoms with Crippen LogP contribution in [-0.4, -0.2) is 37.3 Å². The highest BCUT2D eigenvalue weighted by Gasteiger charge is 2.22. The molecule has 2 fully saturated rings. The fraction of sp³-hybridized carbons (Fsp3) is 1.00. The van der Waals surface area contributed by atoms with Crippen LogP contribution in [0.15, 0.2) is 0 Å². The topological polar surface area (TPSA) is 76.1 Å². The molecule has 6 N–H and O–H groups in total. The van der Waals surface area contributed by atoms with Gasteiger partial charge in [-0.3, -0.25) is 0 Å². The summed E-state index contributed by atoms with van der Waals surface area (Å²) in [6.45, 7) is 2.03. The summed E-state index contributed by atoms with van der Waals surface area (Å²) in [5.41, 5.74) is 12.2. The molecule has 0 saturated heterocycles. The Morgan fingerprint density at radius 2 is 1.06 bits per heavy atom. The quantitative estimate of drug-likeness (QED) is 0.545. The molecule has 18 heavy (non-hydrogen) atoms. The van der Waals surface area contributed by atoms with Crippen molar-refractivity contribution in [2.24, 2.45) is 11.5 Å². The minimum Gasteiger partial charge on any atom is -0.326 e. The average molecular weight is 254 g/mol. The Morgan fingerprint density at radius 3 is 1.44 bits per heavy atom. The Hall–Kier alpha value is -0.160. The van der Waals surface area contributed by atoms with E-state index in [1.54, 1.807) is 0 Å². The van der Waals surface area contributed by atoms with Gasteiger partial charge in [0.15, 0.2) is 0 Å². The lowest BCUT2D eigenvalue weighted by atomic mass is 9.90. The lowest BCUT2D eigenvalue weighted by Crippen LogP contribution is -2.51. The number of hydrogen-bond acceptors (Lipinski definition) is 4. The van der Waals surface area contributed by atoms with Crippen LogP contribution in [0.25, 0.3) is 0 Å². The predicted octanol–water partition coefficient (Wildman–Crippen LogP) is 0.705. The minimum absolute atomic E-state index is 0.357. The third-order valence-electron chi connectivity index (χ3n) is 4.58. The summed E-state index contributed by atoms with van der Waals surface area (Å²) in [5.74, 6) is 0. The van der Waals surface area contributed by atoms with E-state index in [9.17, 15) is 0 Å². The third-order valence-corrected chi connectivity index (χ3v) is 4.58. The molecule has 2 aliphatic carbocycles. The summed E-state index contributed by atoms with van der Waals surface area (Å²) in [4.78, 5) is 0. The molecule has 0 spiro atoms. The summed E-state index contributed by atoms with van der Waals surface area (Å²) in [7, 11) is 0. The maximum absolute atomic E-state index is 6.12. The van der Waals surface area contributed by atoms with Crippen LogP contribution in [0.1, 0.15) is 51.4 Å². The Labute approximate surface area is 111 Å². The highest BCUT2D eigenvalue weighted by Crippen LogP contribution is 2.17. The number of nitrogens with one attached hydrogen (secondary N) is 2. The van der Waals surface area contributed by atoms with E-state index in [1.807, 2.05) is 0 Å². The van der Waals surface area contributed by atoms with Crippen molar-refractivity contribution in [1.82, 2.24) is 10.6 Å². The Bertz CT molecular complexity index is 210. The fourth-order valence-corrected chi connectivity index (χ4v) is 3.34. The third kappa shape index (κ3) is 4.19. The maximum Gasteiger partial charge on any atom is 0.0219 e. The molecular weight excluding hydrogens is 224 g/mol. The molecule has 0 aromatic rings. The number of nitrogens with two attached hydrogens (primary N) is 2. The van der Waals surface area contributed by atoms with Gasteiger partial charge in [0.1, 0.15) is 0 Å². The van der Waals surface area contributed by atoms with E-state index >= 15 is 0 Å². The van der Waals surface area contributed by atoms with Crippen molar-refractivity contribution in [2.45, 2.75) is 75.5 Å². The molecule has 0 aromatic heterocycles. The molecule has 2 aliphatic rings. The van der Waals surface area contributed by atoms with Gasteiger partial charge in [0.2, 0.25) is 0 Å². The largest absolute Gasteiger partial charge is 0.326 e. The highest BCUT2D eigenvalue weighted by atomic mass is 15.0. The molecule has 0 aliphatic heterocycles. The molecule has 4 heteroatoms. The monoisotopic (exact) mass is 254 g/mol. The zero-order valence-corrected chi connectivity index (χ0v) is 11.5. The standard InChI is InChI=1S/C14H30N4/c15-11-5-1-3-7-13(11)17-9-10-18-14-8-4-2-6-12(14)16/h11-14,17-18H,1-10,15-16H2/t11-,12+,13-,14-/m0/s1. The Morgan fingerprint density at radius 1 is 0.667 bits per heavy atom. The maximum atomic E-state index is 6.12. The van der Waals surface area contributed by atoms with Gasteiger partial charge in [0, 0.05) is 37.3 Å². The normalized spacial score (nSPS) is 37.7. The molecule has 4 atom stereocenters. The zero-order valence-electron chi connectivity index (χ0n) is 11.5. The van der Waals surface area contributed by atoms with Gasteiger partial charge in [-0.05, 0) is 25.7 Å². The van der Waals surface area contributed by atoms with E-state index in [-0.39, 0.29) is 0 Å². The first-order chi connectivity index (χ1) is 8.77. The zero-order chi connectivity index (χ0) is 12.8. The molecule has 106 valence electrons. The minimum atomic E-state index is 0.357. The van der Waals surface area contributed by atoms with E-state index < -0.39 is 0 Å². The van der Waals surface area contributed by atoms with Gasteiger partial charge in [-0.25, -0.2) is 0 Å². The molecule has 0 unspecified atom stereocenters. The molecule has 0 aromatic carbocycles. The Kier molecular flexibility index (Phi) is 5.89. The number of rotatable bonds is 5. The lowest BCUT2D eigenvalue weighted by molar-refractivity contribution is 0.306. The van der Waals surface area contributed by atoms with E-state index in [4.69, 9.17) is 11.5 Å². The van der Waals surface area contributed by atoms with Gasteiger partial charge in [-0.2, -0.15) is 0 Å². The first kappa shape index (κ1) is 14.3. The van der Waals surface area contributed by atoms with Crippen LogP contribution in [0.4, 0.5) is 0 Å². The molecule has 0 amide bonds. The summed E-state index contributed by atoms with van der Waals surface area (Å²) >= 11 is 0. The van der Waals surface area contributed by atoms with Crippen LogP contribution in [-0.2, 0) is 0 Å². The highest BCUT2D eigenvalue weighted by molar-refractivity contribution is 4.86. The van der Waals surface area contributed by atoms with Gasteiger partial charge >= 0.3 is 0 Å². The Balaban J connectivity index is 1.57. The fourth-order valence-electron chi connectivity index (χ4n) is 3.34. The molecule has 4 nitrogen and oxygen atoms in total. The number of hydrogen-bond donors (Lipinski definition) is 4. The smallest absolute Gasteiger partial charge is 0.0219 e. The van der Waals surface area contributed by atoms with Crippen molar-refractivity contribution in [3.63, 3.8) is 0 Å². The van der Waals surface area contributed by atoms with Gasteiger partial charge < -0.3 is 22.1 Å². The van der Waals surface area contributed by atoms with Crippen molar-refractivity contribution < 1.29 is 0 Å². The second-order valence-electron chi connectivity index (χ2n) is 6.02. The summed E-state index contributed by atoms with van der Waals surface area (Å²) in [6.07, 6.45) is 10.1. The molecule has 0 radical (unpaired) electrons. The second-order valence-corrected chi connectivity index (χ2v) is 6.02. The van der Waals surface area contributed by atoms with Crippen molar-refractivity contribution in [3.05, 3.63) is 0 Å².